The summed E-state index contributed by atoms with van der Waals surface area (Å²) in [6, 6.07) is 17.2. The first-order chi connectivity index (χ1) is 14.7. The van der Waals surface area contributed by atoms with E-state index in [1.165, 1.54) is 31.3 Å². The second kappa shape index (κ2) is 7.84. The van der Waals surface area contributed by atoms with Crippen molar-refractivity contribution in [3.8, 4) is 0 Å². The SMILES string of the molecule is CN(c1cc(F)cc(F)c1)S(=O)(=O)c1ccc(NC(=O)c2cc3ccccc3[nH]2)cc1. The first kappa shape index (κ1) is 20.5. The van der Waals surface area contributed by atoms with E-state index in [1.807, 2.05) is 24.3 Å². The first-order valence-corrected chi connectivity index (χ1v) is 10.6. The summed E-state index contributed by atoms with van der Waals surface area (Å²) >= 11 is 0. The molecule has 1 heterocycles. The summed E-state index contributed by atoms with van der Waals surface area (Å²) in [5.74, 6) is -2.14. The van der Waals surface area contributed by atoms with E-state index >= 15 is 0 Å². The van der Waals surface area contributed by atoms with Crippen LogP contribution in [-0.2, 0) is 10.0 Å². The molecule has 4 rings (SSSR count). The number of halogens is 2. The Morgan fingerprint density at radius 3 is 2.23 bits per heavy atom. The molecule has 0 atom stereocenters. The minimum Gasteiger partial charge on any atom is -0.351 e. The molecule has 158 valence electrons. The molecule has 1 aromatic heterocycles. The predicted octanol–water partition coefficient (Wildman–Crippen LogP) is 4.52. The molecule has 0 aliphatic carbocycles. The van der Waals surface area contributed by atoms with Crippen LogP contribution < -0.4 is 9.62 Å². The first-order valence-electron chi connectivity index (χ1n) is 9.18. The van der Waals surface area contributed by atoms with Crippen molar-refractivity contribution in [3.63, 3.8) is 0 Å². The lowest BCUT2D eigenvalue weighted by molar-refractivity contribution is 0.102. The van der Waals surface area contributed by atoms with Gasteiger partial charge in [0, 0.05) is 29.7 Å². The number of nitrogens with one attached hydrogen (secondary N) is 2. The summed E-state index contributed by atoms with van der Waals surface area (Å²) in [6.07, 6.45) is 0. The zero-order valence-corrected chi connectivity index (χ0v) is 17.1. The number of aromatic nitrogens is 1. The van der Waals surface area contributed by atoms with Gasteiger partial charge in [-0.1, -0.05) is 18.2 Å². The number of sulfonamides is 1. The van der Waals surface area contributed by atoms with Crippen molar-refractivity contribution >= 4 is 38.2 Å². The Labute approximate surface area is 177 Å². The van der Waals surface area contributed by atoms with E-state index in [2.05, 4.69) is 10.3 Å². The number of anilines is 2. The number of rotatable bonds is 5. The highest BCUT2D eigenvalue weighted by atomic mass is 32.2. The van der Waals surface area contributed by atoms with Crippen LogP contribution in [0.5, 0.6) is 0 Å². The summed E-state index contributed by atoms with van der Waals surface area (Å²) < 4.78 is 53.3. The molecule has 4 aromatic rings. The number of H-pyrrole nitrogens is 1. The van der Waals surface area contributed by atoms with Gasteiger partial charge in [-0.15, -0.1) is 0 Å². The van der Waals surface area contributed by atoms with Crippen molar-refractivity contribution in [2.24, 2.45) is 0 Å². The highest BCUT2D eigenvalue weighted by molar-refractivity contribution is 7.92. The fourth-order valence-corrected chi connectivity index (χ4v) is 4.30. The van der Waals surface area contributed by atoms with Crippen molar-refractivity contribution < 1.29 is 22.0 Å². The number of hydrogen-bond donors (Lipinski definition) is 2. The third-order valence-electron chi connectivity index (χ3n) is 4.76. The van der Waals surface area contributed by atoms with Crippen molar-refractivity contribution in [3.05, 3.63) is 90.1 Å². The second-order valence-electron chi connectivity index (χ2n) is 6.85. The molecule has 2 N–H and O–H groups in total. The fraction of sp³-hybridized carbons (Fsp3) is 0.0455. The quantitative estimate of drug-likeness (QED) is 0.478. The molecule has 0 radical (unpaired) electrons. The number of carbonyl (C=O) groups is 1. The number of hydrogen-bond acceptors (Lipinski definition) is 3. The number of amides is 1. The fourth-order valence-electron chi connectivity index (χ4n) is 3.12. The van der Waals surface area contributed by atoms with Gasteiger partial charge in [0.25, 0.3) is 15.9 Å². The van der Waals surface area contributed by atoms with E-state index in [1.54, 1.807) is 6.07 Å². The Morgan fingerprint density at radius 2 is 1.58 bits per heavy atom. The Balaban J connectivity index is 1.53. The lowest BCUT2D eigenvalue weighted by Gasteiger charge is -2.20. The maximum absolute atomic E-state index is 13.5. The molecule has 0 unspecified atom stereocenters. The molecule has 0 fully saturated rings. The van der Waals surface area contributed by atoms with E-state index in [4.69, 9.17) is 0 Å². The third kappa shape index (κ3) is 4.13. The highest BCUT2D eigenvalue weighted by Gasteiger charge is 2.22. The van der Waals surface area contributed by atoms with Crippen LogP contribution in [-0.4, -0.2) is 26.4 Å². The molecule has 1 amide bonds. The molecule has 3 aromatic carbocycles. The van der Waals surface area contributed by atoms with E-state index in [0.717, 1.165) is 27.3 Å². The van der Waals surface area contributed by atoms with Crippen LogP contribution >= 0.6 is 0 Å². The summed E-state index contributed by atoms with van der Waals surface area (Å²) in [6.45, 7) is 0. The Kier molecular flexibility index (Phi) is 5.20. The molecule has 0 spiro atoms. The van der Waals surface area contributed by atoms with Gasteiger partial charge in [-0.3, -0.25) is 9.10 Å². The number of fused-ring (bicyclic) bond motifs is 1. The van der Waals surface area contributed by atoms with Gasteiger partial charge in [-0.05, 0) is 48.5 Å². The summed E-state index contributed by atoms with van der Waals surface area (Å²) in [7, 11) is -2.86. The molecule has 0 saturated heterocycles. The Bertz CT molecular complexity index is 1330. The van der Waals surface area contributed by atoms with Crippen LogP contribution in [0, 0.1) is 11.6 Å². The molecular weight excluding hydrogens is 424 g/mol. The lowest BCUT2D eigenvalue weighted by atomic mass is 10.2. The summed E-state index contributed by atoms with van der Waals surface area (Å²) in [5, 5.41) is 3.59. The molecule has 9 heteroatoms. The molecule has 31 heavy (non-hydrogen) atoms. The average Bonchev–Trinajstić information content (AvgIpc) is 3.17. The number of benzene rings is 3. The van der Waals surface area contributed by atoms with Crippen LogP contribution in [0.4, 0.5) is 20.2 Å². The van der Waals surface area contributed by atoms with Crippen LogP contribution in [0.3, 0.4) is 0 Å². The maximum atomic E-state index is 13.5. The molecule has 0 aliphatic rings. The number of carbonyl (C=O) groups excluding carboxylic acids is 1. The highest BCUT2D eigenvalue weighted by Crippen LogP contribution is 2.25. The minimum absolute atomic E-state index is 0.0942. The Hall–Kier alpha value is -3.72. The zero-order chi connectivity index (χ0) is 22.2. The predicted molar refractivity (Wildman–Crippen MR) is 115 cm³/mol. The Morgan fingerprint density at radius 1 is 0.935 bits per heavy atom. The van der Waals surface area contributed by atoms with E-state index < -0.39 is 21.7 Å². The largest absolute Gasteiger partial charge is 0.351 e. The topological polar surface area (TPSA) is 82.3 Å². The van der Waals surface area contributed by atoms with Gasteiger partial charge in [0.1, 0.15) is 17.3 Å². The molecule has 0 saturated carbocycles. The van der Waals surface area contributed by atoms with Crippen LogP contribution in [0.1, 0.15) is 10.5 Å². The van der Waals surface area contributed by atoms with Crippen molar-refractivity contribution in [1.82, 2.24) is 4.98 Å². The molecule has 0 bridgehead atoms. The molecule has 0 aliphatic heterocycles. The van der Waals surface area contributed by atoms with Crippen LogP contribution in [0.15, 0.2) is 77.7 Å². The number of nitrogens with zero attached hydrogens (tertiary/aromatic N) is 1. The maximum Gasteiger partial charge on any atom is 0.272 e. The van der Waals surface area contributed by atoms with Gasteiger partial charge in [-0.2, -0.15) is 0 Å². The van der Waals surface area contributed by atoms with Gasteiger partial charge in [-0.25, -0.2) is 17.2 Å². The van der Waals surface area contributed by atoms with Gasteiger partial charge >= 0.3 is 0 Å². The van der Waals surface area contributed by atoms with E-state index in [-0.39, 0.29) is 16.5 Å². The molecule has 6 nitrogen and oxygen atoms in total. The van der Waals surface area contributed by atoms with Gasteiger partial charge in [0.05, 0.1) is 10.6 Å². The van der Waals surface area contributed by atoms with Crippen molar-refractivity contribution in [1.29, 1.82) is 0 Å². The summed E-state index contributed by atoms with van der Waals surface area (Å²) in [5.41, 5.74) is 1.44. The van der Waals surface area contributed by atoms with Crippen LogP contribution in [0.25, 0.3) is 10.9 Å². The number of aromatic amines is 1. The third-order valence-corrected chi connectivity index (χ3v) is 6.56. The lowest BCUT2D eigenvalue weighted by Crippen LogP contribution is -2.26. The van der Waals surface area contributed by atoms with Gasteiger partial charge in [0.2, 0.25) is 0 Å². The second-order valence-corrected chi connectivity index (χ2v) is 8.82. The normalized spacial score (nSPS) is 11.5. The van der Waals surface area contributed by atoms with E-state index in [9.17, 15) is 22.0 Å². The standard InChI is InChI=1S/C22H17F2N3O3S/c1-27(18-12-15(23)11-16(24)13-18)31(29,30)19-8-6-17(7-9-19)25-22(28)21-10-14-4-2-3-5-20(14)26-21/h2-13,26H,1H3,(H,25,28). The van der Waals surface area contributed by atoms with Crippen molar-refractivity contribution in [2.45, 2.75) is 4.90 Å². The van der Waals surface area contributed by atoms with Crippen molar-refractivity contribution in [2.75, 3.05) is 16.7 Å². The average molecular weight is 441 g/mol. The smallest absolute Gasteiger partial charge is 0.272 e. The molecular formula is C22H17F2N3O3S. The monoisotopic (exact) mass is 441 g/mol. The van der Waals surface area contributed by atoms with E-state index in [0.29, 0.717) is 17.4 Å². The van der Waals surface area contributed by atoms with Gasteiger partial charge < -0.3 is 10.3 Å². The van der Waals surface area contributed by atoms with Gasteiger partial charge in [0.15, 0.2) is 0 Å². The number of para-hydroxylation sites is 1. The minimum atomic E-state index is -4.06. The summed E-state index contributed by atoms with van der Waals surface area (Å²) in [4.78, 5) is 15.4. The van der Waals surface area contributed by atoms with Crippen LogP contribution in [0.2, 0.25) is 0 Å². The zero-order valence-electron chi connectivity index (χ0n) is 16.3.